The highest BCUT2D eigenvalue weighted by atomic mass is 79.9. The first-order valence-electron chi connectivity index (χ1n) is 6.84. The summed E-state index contributed by atoms with van der Waals surface area (Å²) in [7, 11) is 1.69. The molecule has 0 heterocycles. The number of halogens is 1. The molecule has 20 heavy (non-hydrogen) atoms. The zero-order valence-corrected chi connectivity index (χ0v) is 13.5. The van der Waals surface area contributed by atoms with E-state index in [0.717, 1.165) is 23.2 Å². The number of hydrogen-bond donors (Lipinski definition) is 1. The van der Waals surface area contributed by atoms with Crippen molar-refractivity contribution in [2.24, 2.45) is 0 Å². The zero-order valence-electron chi connectivity index (χ0n) is 11.9. The van der Waals surface area contributed by atoms with Crippen LogP contribution < -0.4 is 10.1 Å². The summed E-state index contributed by atoms with van der Waals surface area (Å²) in [6.45, 7) is 3.06. The Bertz CT molecular complexity index is 539. The average molecular weight is 334 g/mol. The summed E-state index contributed by atoms with van der Waals surface area (Å²) in [5.41, 5.74) is 2.58. The Morgan fingerprint density at radius 2 is 1.90 bits per heavy atom. The molecule has 0 radical (unpaired) electrons. The Kier molecular flexibility index (Phi) is 5.62. The van der Waals surface area contributed by atoms with Crippen molar-refractivity contribution in [1.29, 1.82) is 0 Å². The molecule has 0 aliphatic heterocycles. The van der Waals surface area contributed by atoms with Crippen LogP contribution in [0, 0.1) is 0 Å². The summed E-state index contributed by atoms with van der Waals surface area (Å²) in [4.78, 5) is 0. The molecule has 106 valence electrons. The van der Waals surface area contributed by atoms with E-state index < -0.39 is 0 Å². The second-order valence-electron chi connectivity index (χ2n) is 4.74. The lowest BCUT2D eigenvalue weighted by molar-refractivity contribution is 0.414. The molecule has 3 heteroatoms. The van der Waals surface area contributed by atoms with Crippen LogP contribution in [0.1, 0.15) is 30.5 Å². The molecule has 0 saturated carbocycles. The summed E-state index contributed by atoms with van der Waals surface area (Å²) in [5, 5.41) is 3.61. The van der Waals surface area contributed by atoms with Crippen molar-refractivity contribution in [2.45, 2.75) is 25.9 Å². The van der Waals surface area contributed by atoms with Gasteiger partial charge in [0, 0.05) is 17.1 Å². The lowest BCUT2D eigenvalue weighted by atomic mass is 10.0. The van der Waals surface area contributed by atoms with Crippen LogP contribution in [0.25, 0.3) is 0 Å². The SMILES string of the molecule is CCC(NCc1ccc(OC)cc1)c1cccc(Br)c1. The van der Waals surface area contributed by atoms with Crippen LogP contribution >= 0.6 is 15.9 Å². The van der Waals surface area contributed by atoms with E-state index in [2.05, 4.69) is 64.6 Å². The van der Waals surface area contributed by atoms with Crippen molar-refractivity contribution >= 4 is 15.9 Å². The summed E-state index contributed by atoms with van der Waals surface area (Å²) >= 11 is 3.53. The maximum absolute atomic E-state index is 5.17. The topological polar surface area (TPSA) is 21.3 Å². The van der Waals surface area contributed by atoms with Gasteiger partial charge in [-0.1, -0.05) is 47.1 Å². The minimum Gasteiger partial charge on any atom is -0.497 e. The van der Waals surface area contributed by atoms with E-state index in [1.165, 1.54) is 11.1 Å². The largest absolute Gasteiger partial charge is 0.497 e. The molecule has 0 aliphatic rings. The number of hydrogen-bond acceptors (Lipinski definition) is 2. The summed E-state index contributed by atoms with van der Waals surface area (Å²) in [6.07, 6.45) is 1.06. The first-order valence-corrected chi connectivity index (χ1v) is 7.64. The highest BCUT2D eigenvalue weighted by Crippen LogP contribution is 2.21. The van der Waals surface area contributed by atoms with E-state index in [4.69, 9.17) is 4.74 Å². The van der Waals surface area contributed by atoms with E-state index in [1.54, 1.807) is 7.11 Å². The van der Waals surface area contributed by atoms with Gasteiger partial charge < -0.3 is 10.1 Å². The Balaban J connectivity index is 1.99. The van der Waals surface area contributed by atoms with E-state index in [1.807, 2.05) is 12.1 Å². The Hall–Kier alpha value is -1.32. The summed E-state index contributed by atoms with van der Waals surface area (Å²) in [6, 6.07) is 17.0. The fourth-order valence-electron chi connectivity index (χ4n) is 2.21. The van der Waals surface area contributed by atoms with Gasteiger partial charge in [-0.05, 0) is 41.8 Å². The van der Waals surface area contributed by atoms with Gasteiger partial charge >= 0.3 is 0 Å². The van der Waals surface area contributed by atoms with Crippen LogP contribution in [0.4, 0.5) is 0 Å². The van der Waals surface area contributed by atoms with E-state index in [9.17, 15) is 0 Å². The van der Waals surface area contributed by atoms with E-state index >= 15 is 0 Å². The molecule has 2 aromatic carbocycles. The maximum Gasteiger partial charge on any atom is 0.118 e. The van der Waals surface area contributed by atoms with Crippen LogP contribution in [0.15, 0.2) is 53.0 Å². The normalized spacial score (nSPS) is 12.2. The predicted octanol–water partition coefficient (Wildman–Crippen LogP) is 4.70. The van der Waals surface area contributed by atoms with Gasteiger partial charge in [0.2, 0.25) is 0 Å². The molecule has 0 spiro atoms. The van der Waals surface area contributed by atoms with Crippen LogP contribution in [-0.2, 0) is 6.54 Å². The fraction of sp³-hybridized carbons (Fsp3) is 0.294. The standard InChI is InChI=1S/C17H20BrNO/c1-3-17(14-5-4-6-15(18)11-14)19-12-13-7-9-16(20-2)10-8-13/h4-11,17,19H,3,12H2,1-2H3. The number of ether oxygens (including phenoxy) is 1. The van der Waals surface area contributed by atoms with Gasteiger partial charge in [-0.2, -0.15) is 0 Å². The van der Waals surface area contributed by atoms with E-state index in [-0.39, 0.29) is 0 Å². The lowest BCUT2D eigenvalue weighted by Gasteiger charge is -2.18. The first kappa shape index (κ1) is 15.1. The van der Waals surface area contributed by atoms with Crippen molar-refractivity contribution in [3.8, 4) is 5.75 Å². The van der Waals surface area contributed by atoms with Crippen LogP contribution in [0.2, 0.25) is 0 Å². The van der Waals surface area contributed by atoms with Crippen LogP contribution in [-0.4, -0.2) is 7.11 Å². The maximum atomic E-state index is 5.17. The second kappa shape index (κ2) is 7.46. The molecule has 0 aromatic heterocycles. The van der Waals surface area contributed by atoms with Crippen molar-refractivity contribution < 1.29 is 4.74 Å². The molecule has 0 bridgehead atoms. The first-order chi connectivity index (χ1) is 9.72. The van der Waals surface area contributed by atoms with Crippen molar-refractivity contribution in [3.63, 3.8) is 0 Å². The molecule has 2 rings (SSSR count). The average Bonchev–Trinajstić information content (AvgIpc) is 2.48. The Labute approximate surface area is 129 Å². The van der Waals surface area contributed by atoms with Crippen LogP contribution in [0.5, 0.6) is 5.75 Å². The third-order valence-electron chi connectivity index (χ3n) is 3.37. The molecular formula is C17H20BrNO. The Morgan fingerprint density at radius 3 is 2.50 bits per heavy atom. The van der Waals surface area contributed by atoms with Gasteiger partial charge in [0.25, 0.3) is 0 Å². The summed E-state index contributed by atoms with van der Waals surface area (Å²) < 4.78 is 6.30. The highest BCUT2D eigenvalue weighted by Gasteiger charge is 2.08. The van der Waals surface area contributed by atoms with Gasteiger partial charge in [0.15, 0.2) is 0 Å². The third kappa shape index (κ3) is 4.09. The lowest BCUT2D eigenvalue weighted by Crippen LogP contribution is -2.20. The van der Waals surface area contributed by atoms with Crippen molar-refractivity contribution in [3.05, 3.63) is 64.1 Å². The molecule has 0 fully saturated rings. The van der Waals surface area contributed by atoms with Crippen LogP contribution in [0.3, 0.4) is 0 Å². The Morgan fingerprint density at radius 1 is 1.15 bits per heavy atom. The number of benzene rings is 2. The molecule has 0 amide bonds. The molecule has 1 unspecified atom stereocenters. The summed E-state index contributed by atoms with van der Waals surface area (Å²) in [5.74, 6) is 0.896. The molecule has 1 N–H and O–H groups in total. The second-order valence-corrected chi connectivity index (χ2v) is 5.66. The molecule has 0 aliphatic carbocycles. The van der Waals surface area contributed by atoms with Gasteiger partial charge in [0.05, 0.1) is 7.11 Å². The number of nitrogens with one attached hydrogen (secondary N) is 1. The smallest absolute Gasteiger partial charge is 0.118 e. The fourth-order valence-corrected chi connectivity index (χ4v) is 2.62. The quantitative estimate of drug-likeness (QED) is 0.827. The third-order valence-corrected chi connectivity index (χ3v) is 3.86. The molecule has 0 saturated heterocycles. The monoisotopic (exact) mass is 333 g/mol. The van der Waals surface area contributed by atoms with E-state index in [0.29, 0.717) is 6.04 Å². The van der Waals surface area contributed by atoms with Gasteiger partial charge in [-0.3, -0.25) is 0 Å². The zero-order chi connectivity index (χ0) is 14.4. The van der Waals surface area contributed by atoms with Crippen molar-refractivity contribution in [2.75, 3.05) is 7.11 Å². The van der Waals surface area contributed by atoms with Gasteiger partial charge in [0.1, 0.15) is 5.75 Å². The molecule has 2 aromatic rings. The molecular weight excluding hydrogens is 314 g/mol. The minimum atomic E-state index is 0.370. The van der Waals surface area contributed by atoms with Crippen molar-refractivity contribution in [1.82, 2.24) is 5.32 Å². The highest BCUT2D eigenvalue weighted by molar-refractivity contribution is 9.10. The molecule has 2 nitrogen and oxygen atoms in total. The minimum absolute atomic E-state index is 0.370. The van der Waals surface area contributed by atoms with Gasteiger partial charge in [-0.25, -0.2) is 0 Å². The molecule has 1 atom stereocenters. The predicted molar refractivity (Wildman–Crippen MR) is 87.0 cm³/mol. The number of methoxy groups -OCH3 is 1. The number of rotatable bonds is 6. The van der Waals surface area contributed by atoms with Gasteiger partial charge in [-0.15, -0.1) is 0 Å².